The van der Waals surface area contributed by atoms with Crippen LogP contribution in [0.15, 0.2) is 48.8 Å². The fraction of sp³-hybridized carbons (Fsp3) is 0.308. The van der Waals surface area contributed by atoms with Crippen LogP contribution in [0.25, 0.3) is 27.2 Å². The summed E-state index contributed by atoms with van der Waals surface area (Å²) in [6, 6.07) is 11.6. The highest BCUT2D eigenvalue weighted by Gasteiger charge is 2.31. The fourth-order valence-corrected chi connectivity index (χ4v) is 5.83. The number of carbonyl (C=O) groups excluding carboxylic acids is 1. The van der Waals surface area contributed by atoms with Crippen molar-refractivity contribution >= 4 is 43.8 Å². The Balaban J connectivity index is 1.21. The molecule has 9 nitrogen and oxygen atoms in total. The van der Waals surface area contributed by atoms with Gasteiger partial charge in [0.15, 0.2) is 16.6 Å². The molecule has 0 radical (unpaired) electrons. The Hall–Kier alpha value is -3.92. The number of hydrogen-bond donors (Lipinski definition) is 0. The molecule has 5 aromatic rings. The van der Waals surface area contributed by atoms with Gasteiger partial charge in [0, 0.05) is 50.2 Å². The minimum absolute atomic E-state index is 0.0404. The second kappa shape index (κ2) is 8.34. The van der Waals surface area contributed by atoms with Gasteiger partial charge in [-0.3, -0.25) is 4.79 Å². The number of fused-ring (bicyclic) bond motifs is 2. The number of hydrogen-bond acceptors (Lipinski definition) is 8. The van der Waals surface area contributed by atoms with Gasteiger partial charge in [-0.2, -0.15) is 9.78 Å². The van der Waals surface area contributed by atoms with Crippen LogP contribution in [0.5, 0.6) is 0 Å². The van der Waals surface area contributed by atoms with Crippen molar-refractivity contribution in [3.8, 4) is 5.82 Å². The third kappa shape index (κ3) is 3.60. The average molecular weight is 497 g/mol. The predicted molar refractivity (Wildman–Crippen MR) is 139 cm³/mol. The van der Waals surface area contributed by atoms with Crippen LogP contribution in [-0.4, -0.2) is 66.7 Å². The van der Waals surface area contributed by atoms with Crippen molar-refractivity contribution in [3.63, 3.8) is 0 Å². The van der Waals surface area contributed by atoms with E-state index in [1.165, 1.54) is 0 Å². The van der Waals surface area contributed by atoms with E-state index in [0.29, 0.717) is 36.0 Å². The van der Waals surface area contributed by atoms with Crippen molar-refractivity contribution in [1.82, 2.24) is 34.6 Å². The van der Waals surface area contributed by atoms with Crippen LogP contribution in [-0.2, 0) is 0 Å². The van der Waals surface area contributed by atoms with E-state index < -0.39 is 0 Å². The molecule has 1 aliphatic carbocycles. The lowest BCUT2D eigenvalue weighted by atomic mass is 10.1. The predicted octanol–water partition coefficient (Wildman–Crippen LogP) is 3.97. The summed E-state index contributed by atoms with van der Waals surface area (Å²) in [6.07, 6.45) is 5.76. The zero-order chi connectivity index (χ0) is 24.2. The molecule has 0 aromatic carbocycles. The number of aryl methyl sites for hydroxylation is 1. The Bertz CT molecular complexity index is 1570. The lowest BCUT2D eigenvalue weighted by Gasteiger charge is -2.34. The van der Waals surface area contributed by atoms with Crippen molar-refractivity contribution in [2.24, 2.45) is 0 Å². The normalized spacial score (nSPS) is 16.2. The minimum atomic E-state index is 0.0404. The number of rotatable bonds is 4. The number of amides is 1. The summed E-state index contributed by atoms with van der Waals surface area (Å²) >= 11 is 1.60. The lowest BCUT2D eigenvalue weighted by molar-refractivity contribution is 0.0748. The topological polar surface area (TPSA) is 92.9 Å². The van der Waals surface area contributed by atoms with E-state index in [-0.39, 0.29) is 5.91 Å². The second-order valence-electron chi connectivity index (χ2n) is 9.36. The minimum Gasteiger partial charge on any atom is -0.344 e. The van der Waals surface area contributed by atoms with Crippen LogP contribution >= 0.6 is 11.3 Å². The molecule has 2 aliphatic rings. The SMILES string of the molecule is Cc1nn(-c2ccccn2)c2nc(C3CC3)cc(C(=O)N3CCN(c4nc5cccnc5s4)CC3)c12. The summed E-state index contributed by atoms with van der Waals surface area (Å²) in [6.45, 7) is 4.69. The van der Waals surface area contributed by atoms with Crippen molar-refractivity contribution in [2.45, 2.75) is 25.7 Å². The molecular formula is C26H24N8OS. The number of piperazine rings is 1. The molecule has 1 saturated carbocycles. The van der Waals surface area contributed by atoms with Gasteiger partial charge in [0.05, 0.1) is 16.6 Å². The molecule has 1 saturated heterocycles. The van der Waals surface area contributed by atoms with Crippen LogP contribution in [0.4, 0.5) is 5.13 Å². The smallest absolute Gasteiger partial charge is 0.254 e. The lowest BCUT2D eigenvalue weighted by Crippen LogP contribution is -2.48. The number of carbonyl (C=O) groups is 1. The Morgan fingerprint density at radius 1 is 1.00 bits per heavy atom. The molecule has 0 spiro atoms. The maximum Gasteiger partial charge on any atom is 0.254 e. The van der Waals surface area contributed by atoms with Gasteiger partial charge in [0.2, 0.25) is 0 Å². The molecule has 0 atom stereocenters. The van der Waals surface area contributed by atoms with Gasteiger partial charge in [-0.15, -0.1) is 0 Å². The van der Waals surface area contributed by atoms with E-state index in [0.717, 1.165) is 58.2 Å². The Kier molecular flexibility index (Phi) is 4.95. The monoisotopic (exact) mass is 496 g/mol. The molecule has 10 heteroatoms. The number of thiazole rings is 1. The maximum atomic E-state index is 13.9. The molecular weight excluding hydrogens is 472 g/mol. The van der Waals surface area contributed by atoms with Crippen LogP contribution in [0.1, 0.15) is 40.5 Å². The van der Waals surface area contributed by atoms with Crippen LogP contribution in [0.3, 0.4) is 0 Å². The van der Waals surface area contributed by atoms with Gasteiger partial charge in [-0.05, 0) is 50.1 Å². The van der Waals surface area contributed by atoms with Crippen molar-refractivity contribution in [1.29, 1.82) is 0 Å². The molecule has 2 fully saturated rings. The number of pyridine rings is 3. The molecule has 5 aromatic heterocycles. The first kappa shape index (κ1) is 21.4. The van der Waals surface area contributed by atoms with Gasteiger partial charge in [0.25, 0.3) is 5.91 Å². The highest BCUT2D eigenvalue weighted by molar-refractivity contribution is 7.21. The summed E-state index contributed by atoms with van der Waals surface area (Å²) in [5.74, 6) is 1.16. The molecule has 6 heterocycles. The van der Waals surface area contributed by atoms with Gasteiger partial charge < -0.3 is 9.80 Å². The molecule has 0 bridgehead atoms. The number of anilines is 1. The van der Waals surface area contributed by atoms with E-state index in [1.807, 2.05) is 48.2 Å². The number of nitrogens with zero attached hydrogens (tertiary/aromatic N) is 8. The van der Waals surface area contributed by atoms with E-state index in [1.54, 1.807) is 28.4 Å². The third-order valence-electron chi connectivity index (χ3n) is 6.92. The van der Waals surface area contributed by atoms with Gasteiger partial charge in [0.1, 0.15) is 10.3 Å². The van der Waals surface area contributed by atoms with Crippen LogP contribution in [0.2, 0.25) is 0 Å². The summed E-state index contributed by atoms with van der Waals surface area (Å²) in [5.41, 5.74) is 4.08. The molecule has 180 valence electrons. The Morgan fingerprint density at radius 2 is 1.83 bits per heavy atom. The molecule has 1 aliphatic heterocycles. The highest BCUT2D eigenvalue weighted by atomic mass is 32.1. The van der Waals surface area contributed by atoms with Crippen molar-refractivity contribution in [3.05, 3.63) is 65.7 Å². The van der Waals surface area contributed by atoms with Gasteiger partial charge >= 0.3 is 0 Å². The second-order valence-corrected chi connectivity index (χ2v) is 10.3. The quantitative estimate of drug-likeness (QED) is 0.372. The van der Waals surface area contributed by atoms with E-state index in [2.05, 4.69) is 14.9 Å². The van der Waals surface area contributed by atoms with Gasteiger partial charge in [-0.25, -0.2) is 19.9 Å². The van der Waals surface area contributed by atoms with Gasteiger partial charge in [-0.1, -0.05) is 17.4 Å². The summed E-state index contributed by atoms with van der Waals surface area (Å²) in [7, 11) is 0. The third-order valence-corrected chi connectivity index (χ3v) is 7.96. The van der Waals surface area contributed by atoms with E-state index in [4.69, 9.17) is 15.1 Å². The Labute approximate surface area is 211 Å². The molecule has 36 heavy (non-hydrogen) atoms. The maximum absolute atomic E-state index is 13.9. The standard InChI is InChI=1S/C26H24N8OS/c1-16-22-18(15-20(17-7-8-17)29-23(22)34(31-16)21-6-2-3-9-27-21)25(35)32-11-13-33(14-12-32)26-30-19-5-4-10-28-24(19)36-26/h2-6,9-10,15,17H,7-8,11-14H2,1H3. The largest absolute Gasteiger partial charge is 0.344 e. The number of aromatic nitrogens is 6. The fourth-order valence-electron chi connectivity index (χ4n) is 4.87. The van der Waals surface area contributed by atoms with Crippen LogP contribution < -0.4 is 4.90 Å². The van der Waals surface area contributed by atoms with E-state index >= 15 is 0 Å². The van der Waals surface area contributed by atoms with Crippen LogP contribution in [0, 0.1) is 6.92 Å². The van der Waals surface area contributed by atoms with E-state index in [9.17, 15) is 4.79 Å². The molecule has 1 amide bonds. The first-order chi connectivity index (χ1) is 17.7. The molecule has 0 N–H and O–H groups in total. The van der Waals surface area contributed by atoms with Crippen molar-refractivity contribution in [2.75, 3.05) is 31.1 Å². The first-order valence-corrected chi connectivity index (χ1v) is 13.0. The molecule has 0 unspecified atom stereocenters. The Morgan fingerprint density at radius 3 is 2.58 bits per heavy atom. The zero-order valence-corrected chi connectivity index (χ0v) is 20.6. The summed E-state index contributed by atoms with van der Waals surface area (Å²) < 4.78 is 1.77. The summed E-state index contributed by atoms with van der Waals surface area (Å²) in [5, 5.41) is 6.52. The average Bonchev–Trinajstić information content (AvgIpc) is 3.60. The molecule has 7 rings (SSSR count). The summed E-state index contributed by atoms with van der Waals surface area (Å²) in [4.78, 5) is 37.6. The highest BCUT2D eigenvalue weighted by Crippen LogP contribution is 2.41. The zero-order valence-electron chi connectivity index (χ0n) is 19.8. The first-order valence-electron chi connectivity index (χ1n) is 12.2. The van der Waals surface area contributed by atoms with Crippen molar-refractivity contribution < 1.29 is 4.79 Å².